The van der Waals surface area contributed by atoms with Crippen LogP contribution in [0.1, 0.15) is 20.8 Å². The Bertz CT molecular complexity index is 172. The van der Waals surface area contributed by atoms with Crippen LogP contribution < -0.4 is 5.32 Å². The zero-order chi connectivity index (χ0) is 9.84. The average Bonchev–Trinajstić information content (AvgIpc) is 2.65. The molecule has 1 heterocycles. The number of hydrogen-bond acceptors (Lipinski definition) is 3. The average molecular weight is 185 g/mol. The van der Waals surface area contributed by atoms with Gasteiger partial charge >= 0.3 is 5.97 Å². The van der Waals surface area contributed by atoms with Gasteiger partial charge in [-0.15, -0.1) is 0 Å². The molecule has 2 aliphatic rings. The van der Waals surface area contributed by atoms with E-state index in [1.165, 1.54) is 0 Å². The van der Waals surface area contributed by atoms with Gasteiger partial charge in [-0.25, -0.2) is 0 Å². The van der Waals surface area contributed by atoms with Crippen LogP contribution in [0.5, 0.6) is 0 Å². The third-order valence-corrected chi connectivity index (χ3v) is 2.65. The first kappa shape index (κ1) is 10.5. The Morgan fingerprint density at radius 3 is 2.38 bits per heavy atom. The van der Waals surface area contributed by atoms with E-state index >= 15 is 0 Å². The molecule has 0 radical (unpaired) electrons. The van der Waals surface area contributed by atoms with Crippen molar-refractivity contribution in [2.45, 2.75) is 20.8 Å². The standard InChI is InChI=1S/C8H13NO2.C2H6/c1-2-11-8(10)7-5-3-9-4-6(5)7;1-2/h5-7,9H,2-4H2,1H3;1-2H3. The summed E-state index contributed by atoms with van der Waals surface area (Å²) in [5.74, 6) is 1.43. The van der Waals surface area contributed by atoms with Gasteiger partial charge in [0.05, 0.1) is 12.5 Å². The predicted octanol–water partition coefficient (Wildman–Crippen LogP) is 1.04. The lowest BCUT2D eigenvalue weighted by molar-refractivity contribution is -0.145. The van der Waals surface area contributed by atoms with Gasteiger partial charge < -0.3 is 10.1 Å². The van der Waals surface area contributed by atoms with Crippen molar-refractivity contribution in [2.24, 2.45) is 17.8 Å². The number of carbonyl (C=O) groups excluding carboxylic acids is 1. The molecule has 0 spiro atoms. The fourth-order valence-corrected chi connectivity index (χ4v) is 2.01. The Labute approximate surface area is 79.8 Å². The van der Waals surface area contributed by atoms with Crippen molar-refractivity contribution in [3.63, 3.8) is 0 Å². The van der Waals surface area contributed by atoms with Crippen LogP contribution in [0.2, 0.25) is 0 Å². The third kappa shape index (κ3) is 2.02. The summed E-state index contributed by atoms with van der Waals surface area (Å²) in [7, 11) is 0. The lowest BCUT2D eigenvalue weighted by atomic mass is 10.3. The van der Waals surface area contributed by atoms with Gasteiger partial charge in [0.15, 0.2) is 0 Å². The maximum atomic E-state index is 11.2. The summed E-state index contributed by atoms with van der Waals surface area (Å²) < 4.78 is 4.94. The summed E-state index contributed by atoms with van der Waals surface area (Å²) in [6.07, 6.45) is 0. The monoisotopic (exact) mass is 185 g/mol. The summed E-state index contributed by atoms with van der Waals surface area (Å²) >= 11 is 0. The van der Waals surface area contributed by atoms with E-state index < -0.39 is 0 Å². The van der Waals surface area contributed by atoms with E-state index in [1.54, 1.807) is 0 Å². The molecule has 76 valence electrons. The smallest absolute Gasteiger partial charge is 0.309 e. The number of piperidine rings is 1. The second-order valence-corrected chi connectivity index (χ2v) is 3.26. The molecular weight excluding hydrogens is 166 g/mol. The molecule has 13 heavy (non-hydrogen) atoms. The first-order chi connectivity index (χ1) is 6.34. The predicted molar refractivity (Wildman–Crippen MR) is 51.3 cm³/mol. The van der Waals surface area contributed by atoms with Crippen LogP contribution in [0.15, 0.2) is 0 Å². The highest BCUT2D eigenvalue weighted by Crippen LogP contribution is 2.49. The Morgan fingerprint density at radius 1 is 1.38 bits per heavy atom. The summed E-state index contributed by atoms with van der Waals surface area (Å²) in [6, 6.07) is 0. The second-order valence-electron chi connectivity index (χ2n) is 3.26. The zero-order valence-corrected chi connectivity index (χ0v) is 8.67. The molecule has 2 unspecified atom stereocenters. The lowest BCUT2D eigenvalue weighted by Gasteiger charge is -2.03. The van der Waals surface area contributed by atoms with Gasteiger partial charge in [-0.1, -0.05) is 13.8 Å². The quantitative estimate of drug-likeness (QED) is 0.653. The summed E-state index contributed by atoms with van der Waals surface area (Å²) in [5.41, 5.74) is 0. The van der Waals surface area contributed by atoms with Crippen LogP contribution >= 0.6 is 0 Å². The minimum Gasteiger partial charge on any atom is -0.466 e. The molecule has 1 aliphatic carbocycles. The molecule has 1 aliphatic heterocycles. The van der Waals surface area contributed by atoms with Crippen LogP contribution in [0.4, 0.5) is 0 Å². The molecule has 1 saturated heterocycles. The Balaban J connectivity index is 0.000000396. The number of carbonyl (C=O) groups is 1. The van der Waals surface area contributed by atoms with Gasteiger partial charge in [-0.3, -0.25) is 4.79 Å². The first-order valence-corrected chi connectivity index (χ1v) is 5.22. The molecule has 2 atom stereocenters. The molecule has 3 heteroatoms. The molecular formula is C10H19NO2. The normalized spacial score (nSPS) is 34.2. The molecule has 1 N–H and O–H groups in total. The van der Waals surface area contributed by atoms with Crippen molar-refractivity contribution in [3.8, 4) is 0 Å². The van der Waals surface area contributed by atoms with E-state index in [0.29, 0.717) is 18.4 Å². The number of esters is 1. The number of hydrogen-bond donors (Lipinski definition) is 1. The number of fused-ring (bicyclic) bond motifs is 1. The minimum absolute atomic E-state index is 0.0176. The Morgan fingerprint density at radius 2 is 1.92 bits per heavy atom. The molecule has 1 saturated carbocycles. The molecule has 0 amide bonds. The maximum Gasteiger partial charge on any atom is 0.309 e. The molecule has 2 rings (SSSR count). The van der Waals surface area contributed by atoms with Crippen LogP contribution in [-0.2, 0) is 9.53 Å². The third-order valence-electron chi connectivity index (χ3n) is 2.65. The molecule has 2 fully saturated rings. The van der Waals surface area contributed by atoms with E-state index in [4.69, 9.17) is 4.74 Å². The Hall–Kier alpha value is -0.570. The lowest BCUT2D eigenvalue weighted by Crippen LogP contribution is -2.20. The molecule has 3 nitrogen and oxygen atoms in total. The summed E-state index contributed by atoms with van der Waals surface area (Å²) in [6.45, 7) is 8.39. The molecule has 0 aromatic rings. The summed E-state index contributed by atoms with van der Waals surface area (Å²) in [4.78, 5) is 11.2. The Kier molecular flexibility index (Phi) is 3.72. The summed E-state index contributed by atoms with van der Waals surface area (Å²) in [5, 5.41) is 3.24. The number of ether oxygens (including phenoxy) is 1. The van der Waals surface area contributed by atoms with Crippen LogP contribution in [0, 0.1) is 17.8 Å². The van der Waals surface area contributed by atoms with Crippen molar-refractivity contribution in [1.82, 2.24) is 5.32 Å². The maximum absolute atomic E-state index is 11.2. The fraction of sp³-hybridized carbons (Fsp3) is 0.900. The molecule has 0 bridgehead atoms. The van der Waals surface area contributed by atoms with Gasteiger partial charge in [-0.05, 0) is 31.8 Å². The van der Waals surface area contributed by atoms with Crippen molar-refractivity contribution in [2.75, 3.05) is 19.7 Å². The van der Waals surface area contributed by atoms with Gasteiger partial charge in [-0.2, -0.15) is 0 Å². The van der Waals surface area contributed by atoms with E-state index in [0.717, 1.165) is 13.1 Å². The van der Waals surface area contributed by atoms with E-state index in [1.807, 2.05) is 20.8 Å². The second kappa shape index (κ2) is 4.61. The SMILES string of the molecule is CC.CCOC(=O)C1C2CNCC21. The fourth-order valence-electron chi connectivity index (χ4n) is 2.01. The number of nitrogens with one attached hydrogen (secondary N) is 1. The van der Waals surface area contributed by atoms with Crippen molar-refractivity contribution in [1.29, 1.82) is 0 Å². The highest BCUT2D eigenvalue weighted by atomic mass is 16.5. The highest BCUT2D eigenvalue weighted by molar-refractivity contribution is 5.76. The van der Waals surface area contributed by atoms with E-state index in [9.17, 15) is 4.79 Å². The minimum atomic E-state index is 0.0176. The van der Waals surface area contributed by atoms with Crippen molar-refractivity contribution < 1.29 is 9.53 Å². The van der Waals surface area contributed by atoms with Crippen molar-refractivity contribution >= 4 is 5.97 Å². The highest BCUT2D eigenvalue weighted by Gasteiger charge is 2.57. The van der Waals surface area contributed by atoms with Crippen molar-refractivity contribution in [3.05, 3.63) is 0 Å². The van der Waals surface area contributed by atoms with E-state index in [-0.39, 0.29) is 11.9 Å². The van der Waals surface area contributed by atoms with Gasteiger partial charge in [0, 0.05) is 0 Å². The molecule has 0 aromatic carbocycles. The van der Waals surface area contributed by atoms with Crippen LogP contribution in [0.3, 0.4) is 0 Å². The first-order valence-electron chi connectivity index (χ1n) is 5.22. The topological polar surface area (TPSA) is 38.3 Å². The van der Waals surface area contributed by atoms with Gasteiger partial charge in [0.2, 0.25) is 0 Å². The van der Waals surface area contributed by atoms with Crippen LogP contribution in [0.25, 0.3) is 0 Å². The van der Waals surface area contributed by atoms with Crippen LogP contribution in [-0.4, -0.2) is 25.7 Å². The zero-order valence-electron chi connectivity index (χ0n) is 8.67. The largest absolute Gasteiger partial charge is 0.466 e. The van der Waals surface area contributed by atoms with E-state index in [2.05, 4.69) is 5.32 Å². The molecule has 0 aromatic heterocycles. The number of rotatable bonds is 2. The van der Waals surface area contributed by atoms with Gasteiger partial charge in [0.25, 0.3) is 0 Å². The van der Waals surface area contributed by atoms with Gasteiger partial charge in [0.1, 0.15) is 0 Å².